The molecule has 1 aliphatic rings. The maximum absolute atomic E-state index is 6.16. The lowest BCUT2D eigenvalue weighted by molar-refractivity contribution is 0.124. The van der Waals surface area contributed by atoms with Crippen molar-refractivity contribution in [3.05, 3.63) is 42.5 Å². The van der Waals surface area contributed by atoms with Crippen LogP contribution >= 0.6 is 11.8 Å². The molecule has 0 saturated carbocycles. The molecule has 1 heterocycles. The van der Waals surface area contributed by atoms with Crippen LogP contribution in [0.5, 0.6) is 5.75 Å². The topological polar surface area (TPSA) is 64.5 Å². The second-order valence-corrected chi connectivity index (χ2v) is 7.71. The van der Waals surface area contributed by atoms with Crippen molar-refractivity contribution < 1.29 is 4.74 Å². The summed E-state index contributed by atoms with van der Waals surface area (Å²) in [4.78, 5) is 4.68. The van der Waals surface area contributed by atoms with E-state index < -0.39 is 0 Å². The van der Waals surface area contributed by atoms with Crippen LogP contribution in [0, 0.1) is 0 Å². The van der Waals surface area contributed by atoms with E-state index >= 15 is 0 Å². The number of rotatable bonds is 6. The van der Waals surface area contributed by atoms with Gasteiger partial charge in [-0.2, -0.15) is 0 Å². The van der Waals surface area contributed by atoms with Gasteiger partial charge in [0, 0.05) is 10.9 Å². The van der Waals surface area contributed by atoms with Gasteiger partial charge in [0.25, 0.3) is 0 Å². The SMILES string of the molecule is CC(COc1ccccc1Sc1ccc(N)c(N)c1)N1CCCCC1. The summed E-state index contributed by atoms with van der Waals surface area (Å²) in [5.41, 5.74) is 12.9. The largest absolute Gasteiger partial charge is 0.491 e. The van der Waals surface area contributed by atoms with Crippen molar-refractivity contribution in [2.75, 3.05) is 31.2 Å². The van der Waals surface area contributed by atoms with Crippen LogP contribution in [0.2, 0.25) is 0 Å². The van der Waals surface area contributed by atoms with Crippen LogP contribution in [0.15, 0.2) is 52.3 Å². The number of hydrogen-bond acceptors (Lipinski definition) is 5. The Kier molecular flexibility index (Phi) is 6.10. The highest BCUT2D eigenvalue weighted by molar-refractivity contribution is 7.99. The third-order valence-corrected chi connectivity index (χ3v) is 5.68. The van der Waals surface area contributed by atoms with Crippen LogP contribution in [0.4, 0.5) is 11.4 Å². The number of likely N-dealkylation sites (tertiary alicyclic amines) is 1. The van der Waals surface area contributed by atoms with Gasteiger partial charge >= 0.3 is 0 Å². The van der Waals surface area contributed by atoms with E-state index in [2.05, 4.69) is 17.9 Å². The summed E-state index contributed by atoms with van der Waals surface area (Å²) in [7, 11) is 0. The van der Waals surface area contributed by atoms with Crippen molar-refractivity contribution >= 4 is 23.1 Å². The Morgan fingerprint density at radius 1 is 1.04 bits per heavy atom. The fraction of sp³-hybridized carbons (Fsp3) is 0.400. The zero-order valence-corrected chi connectivity index (χ0v) is 15.6. The van der Waals surface area contributed by atoms with Gasteiger partial charge in [0.05, 0.1) is 16.3 Å². The number of anilines is 2. The van der Waals surface area contributed by atoms with Gasteiger partial charge in [0.15, 0.2) is 0 Å². The van der Waals surface area contributed by atoms with E-state index in [1.807, 2.05) is 36.4 Å². The van der Waals surface area contributed by atoms with Crippen molar-refractivity contribution in [1.82, 2.24) is 4.90 Å². The first-order chi connectivity index (χ1) is 12.1. The first-order valence-corrected chi connectivity index (χ1v) is 9.74. The molecule has 134 valence electrons. The summed E-state index contributed by atoms with van der Waals surface area (Å²) < 4.78 is 6.16. The molecule has 1 saturated heterocycles. The maximum Gasteiger partial charge on any atom is 0.133 e. The molecule has 1 unspecified atom stereocenters. The Hall–Kier alpha value is -1.85. The molecule has 1 fully saturated rings. The van der Waals surface area contributed by atoms with Crippen LogP contribution in [0.3, 0.4) is 0 Å². The predicted octanol–water partition coefficient (Wildman–Crippen LogP) is 4.26. The fourth-order valence-corrected chi connectivity index (χ4v) is 4.02. The van der Waals surface area contributed by atoms with Crippen molar-refractivity contribution in [2.45, 2.75) is 42.0 Å². The van der Waals surface area contributed by atoms with Gasteiger partial charge in [-0.25, -0.2) is 0 Å². The monoisotopic (exact) mass is 357 g/mol. The normalized spacial score (nSPS) is 16.5. The number of nitrogens with two attached hydrogens (primary N) is 2. The van der Waals surface area contributed by atoms with E-state index in [1.165, 1.54) is 32.4 Å². The van der Waals surface area contributed by atoms with Gasteiger partial charge in [-0.15, -0.1) is 0 Å². The van der Waals surface area contributed by atoms with Crippen molar-refractivity contribution in [1.29, 1.82) is 0 Å². The molecule has 2 aromatic carbocycles. The molecular weight excluding hydrogens is 330 g/mol. The second-order valence-electron chi connectivity index (χ2n) is 6.60. The number of benzene rings is 2. The van der Waals surface area contributed by atoms with Gasteiger partial charge in [-0.1, -0.05) is 30.3 Å². The smallest absolute Gasteiger partial charge is 0.133 e. The summed E-state index contributed by atoms with van der Waals surface area (Å²) >= 11 is 1.65. The van der Waals surface area contributed by atoms with Gasteiger partial charge in [0.2, 0.25) is 0 Å². The molecule has 5 heteroatoms. The molecule has 1 aliphatic heterocycles. The molecule has 1 atom stereocenters. The van der Waals surface area contributed by atoms with Gasteiger partial charge in [-0.05, 0) is 63.2 Å². The Morgan fingerprint density at radius 2 is 1.80 bits per heavy atom. The molecule has 25 heavy (non-hydrogen) atoms. The quantitative estimate of drug-likeness (QED) is 0.757. The van der Waals surface area contributed by atoms with Crippen LogP contribution in [-0.4, -0.2) is 30.6 Å². The number of hydrogen-bond donors (Lipinski definition) is 2. The molecule has 3 rings (SSSR count). The molecule has 0 spiro atoms. The van der Waals surface area contributed by atoms with E-state index in [-0.39, 0.29) is 0 Å². The molecule has 0 radical (unpaired) electrons. The Morgan fingerprint density at radius 3 is 2.56 bits per heavy atom. The van der Waals surface area contributed by atoms with Crippen LogP contribution in [0.25, 0.3) is 0 Å². The minimum atomic E-state index is 0.436. The molecule has 0 bridgehead atoms. The third-order valence-electron chi connectivity index (χ3n) is 4.63. The highest BCUT2D eigenvalue weighted by Gasteiger charge is 2.17. The number of para-hydroxylation sites is 1. The summed E-state index contributed by atoms with van der Waals surface area (Å²) in [6, 6.07) is 14.3. The predicted molar refractivity (Wildman–Crippen MR) is 106 cm³/mol. The number of piperidine rings is 1. The molecule has 2 aromatic rings. The number of nitrogens with zero attached hydrogens (tertiary/aromatic N) is 1. The standard InChI is InChI=1S/C20H27N3OS/c1-15(23-11-5-2-6-12-23)14-24-19-7-3-4-8-20(19)25-16-9-10-17(21)18(22)13-16/h3-4,7-10,13,15H,2,5-6,11-12,14,21-22H2,1H3. The minimum Gasteiger partial charge on any atom is -0.491 e. The van der Waals surface area contributed by atoms with Gasteiger partial charge in [-0.3, -0.25) is 4.90 Å². The molecule has 0 aromatic heterocycles. The van der Waals surface area contributed by atoms with Crippen molar-refractivity contribution in [2.24, 2.45) is 0 Å². The highest BCUT2D eigenvalue weighted by atomic mass is 32.2. The summed E-state index contributed by atoms with van der Waals surface area (Å²) in [6.07, 6.45) is 3.96. The minimum absolute atomic E-state index is 0.436. The molecule has 0 aliphatic carbocycles. The Bertz CT molecular complexity index is 701. The first kappa shape index (κ1) is 18.0. The average Bonchev–Trinajstić information content (AvgIpc) is 2.64. The lowest BCUT2D eigenvalue weighted by Crippen LogP contribution is -2.40. The Labute approximate surface area is 154 Å². The lowest BCUT2D eigenvalue weighted by atomic mass is 10.1. The van der Waals surface area contributed by atoms with E-state index in [0.29, 0.717) is 24.0 Å². The Balaban J connectivity index is 1.65. The third kappa shape index (κ3) is 4.83. The lowest BCUT2D eigenvalue weighted by Gasteiger charge is -2.32. The first-order valence-electron chi connectivity index (χ1n) is 8.92. The van der Waals surface area contributed by atoms with E-state index in [4.69, 9.17) is 16.2 Å². The number of ether oxygens (including phenoxy) is 1. The molecule has 0 amide bonds. The zero-order valence-electron chi connectivity index (χ0n) is 14.8. The van der Waals surface area contributed by atoms with Crippen LogP contribution < -0.4 is 16.2 Å². The van der Waals surface area contributed by atoms with Crippen molar-refractivity contribution in [3.63, 3.8) is 0 Å². The molecule has 4 nitrogen and oxygen atoms in total. The van der Waals surface area contributed by atoms with E-state index in [0.717, 1.165) is 15.5 Å². The average molecular weight is 358 g/mol. The van der Waals surface area contributed by atoms with Gasteiger partial charge in [0.1, 0.15) is 12.4 Å². The highest BCUT2D eigenvalue weighted by Crippen LogP contribution is 2.36. The molecular formula is C20H27N3OS. The van der Waals surface area contributed by atoms with Crippen molar-refractivity contribution in [3.8, 4) is 5.75 Å². The fourth-order valence-electron chi connectivity index (χ4n) is 3.07. The second kappa shape index (κ2) is 8.50. The summed E-state index contributed by atoms with van der Waals surface area (Å²) in [5, 5.41) is 0. The maximum atomic E-state index is 6.16. The molecule has 4 N–H and O–H groups in total. The number of nitrogen functional groups attached to an aromatic ring is 2. The van der Waals surface area contributed by atoms with E-state index in [9.17, 15) is 0 Å². The van der Waals surface area contributed by atoms with Crippen LogP contribution in [0.1, 0.15) is 26.2 Å². The van der Waals surface area contributed by atoms with E-state index in [1.54, 1.807) is 11.8 Å². The van der Waals surface area contributed by atoms with Gasteiger partial charge < -0.3 is 16.2 Å². The summed E-state index contributed by atoms with van der Waals surface area (Å²) in [6.45, 7) is 5.33. The summed E-state index contributed by atoms with van der Waals surface area (Å²) in [5.74, 6) is 0.923. The zero-order chi connectivity index (χ0) is 17.6. The van der Waals surface area contributed by atoms with Crippen LogP contribution in [-0.2, 0) is 0 Å².